The molecule has 0 aliphatic heterocycles. The summed E-state index contributed by atoms with van der Waals surface area (Å²) in [5, 5.41) is 0. The zero-order valence-corrected chi connectivity index (χ0v) is 24.9. The molecule has 0 N–H and O–H groups in total. The molecule has 0 unspecified atom stereocenters. The van der Waals surface area contributed by atoms with Crippen LogP contribution in [0.4, 0.5) is 0 Å². The van der Waals surface area contributed by atoms with Crippen LogP contribution in [0.15, 0.2) is 0 Å². The van der Waals surface area contributed by atoms with Crippen molar-refractivity contribution in [1.82, 2.24) is 0 Å². The van der Waals surface area contributed by atoms with E-state index in [4.69, 9.17) is 25.8 Å². The van der Waals surface area contributed by atoms with Crippen molar-refractivity contribution in [3.63, 3.8) is 0 Å². The maximum absolute atomic E-state index is 12.3. The van der Waals surface area contributed by atoms with Crippen LogP contribution >= 0.6 is 35.7 Å². The first-order chi connectivity index (χ1) is 13.9. The largest absolute Gasteiger partial charge is 0.462 e. The quantitative estimate of drug-likeness (QED) is 0.0945. The summed E-state index contributed by atoms with van der Waals surface area (Å²) in [6.07, 6.45) is 4.57. The number of esters is 1. The molecule has 0 radical (unpaired) electrons. The van der Waals surface area contributed by atoms with Gasteiger partial charge in [-0.2, -0.15) is 0 Å². The molecule has 4 nitrogen and oxygen atoms in total. The van der Waals surface area contributed by atoms with Gasteiger partial charge in [0.1, 0.15) is 14.9 Å². The average molecular weight is 513 g/mol. The summed E-state index contributed by atoms with van der Waals surface area (Å²) < 4.78 is 17.8. The van der Waals surface area contributed by atoms with E-state index in [1.807, 2.05) is 13.8 Å². The molecule has 0 aliphatic rings. The van der Waals surface area contributed by atoms with E-state index < -0.39 is 21.4 Å². The van der Waals surface area contributed by atoms with Crippen molar-refractivity contribution >= 4 is 61.9 Å². The van der Waals surface area contributed by atoms with Crippen molar-refractivity contribution in [2.45, 2.75) is 96.4 Å². The molecule has 0 aliphatic carbocycles. The molecule has 0 rings (SSSR count). The molecule has 0 aromatic rings. The zero-order chi connectivity index (χ0) is 23.3. The third-order valence-corrected chi connectivity index (χ3v) is 14.9. The standard InChI is InChI=1S/C21H44O4S3Si2/c1-9-11-17-29(5,6)25-30(7,8)18-12-13-23-14-15-24-19(22)21(3,4)28-20(26)27-16-10-2/h9-18H2,1-8H3. The predicted molar refractivity (Wildman–Crippen MR) is 144 cm³/mol. The summed E-state index contributed by atoms with van der Waals surface area (Å²) in [7, 11) is -3.19. The molecule has 0 saturated carbocycles. The number of carbonyl (C=O) groups excluding carboxylic acids is 1. The number of hydrogen-bond donors (Lipinski definition) is 0. The van der Waals surface area contributed by atoms with E-state index in [-0.39, 0.29) is 12.6 Å². The second-order valence-electron chi connectivity index (χ2n) is 9.29. The van der Waals surface area contributed by atoms with Gasteiger partial charge < -0.3 is 13.6 Å². The fourth-order valence-corrected chi connectivity index (χ4v) is 14.9. The van der Waals surface area contributed by atoms with Crippen molar-refractivity contribution in [3.8, 4) is 0 Å². The molecule has 178 valence electrons. The number of rotatable bonds is 16. The first-order valence-electron chi connectivity index (χ1n) is 11.2. The van der Waals surface area contributed by atoms with Crippen molar-refractivity contribution in [3.05, 3.63) is 0 Å². The third kappa shape index (κ3) is 15.4. The Labute approximate surface area is 201 Å². The first kappa shape index (κ1) is 30.6. The molecule has 0 fully saturated rings. The van der Waals surface area contributed by atoms with E-state index in [2.05, 4.69) is 40.0 Å². The molecular weight excluding hydrogens is 469 g/mol. The maximum atomic E-state index is 12.3. The summed E-state index contributed by atoms with van der Waals surface area (Å²) >= 11 is 8.37. The number of thioether (sulfide) groups is 2. The smallest absolute Gasteiger partial charge is 0.322 e. The summed E-state index contributed by atoms with van der Waals surface area (Å²) in [5.41, 5.74) is 0. The van der Waals surface area contributed by atoms with Crippen LogP contribution in [0.3, 0.4) is 0 Å². The van der Waals surface area contributed by atoms with E-state index in [0.717, 1.165) is 28.2 Å². The van der Waals surface area contributed by atoms with Crippen LogP contribution in [0, 0.1) is 0 Å². The van der Waals surface area contributed by atoms with E-state index in [0.29, 0.717) is 13.2 Å². The summed E-state index contributed by atoms with van der Waals surface area (Å²) in [5.74, 6) is 0.741. The highest BCUT2D eigenvalue weighted by Gasteiger charge is 2.33. The lowest BCUT2D eigenvalue weighted by atomic mass is 10.2. The molecular formula is C21H44O4S3Si2. The Bertz CT molecular complexity index is 514. The number of thiocarbonyl (C=S) groups is 1. The van der Waals surface area contributed by atoms with Crippen LogP contribution in [0.25, 0.3) is 0 Å². The van der Waals surface area contributed by atoms with Gasteiger partial charge in [0.15, 0.2) is 16.6 Å². The van der Waals surface area contributed by atoms with Crippen LogP contribution in [-0.4, -0.2) is 56.5 Å². The molecule has 30 heavy (non-hydrogen) atoms. The summed E-state index contributed by atoms with van der Waals surface area (Å²) in [4.78, 5) is 12.3. The van der Waals surface area contributed by atoms with Crippen molar-refractivity contribution in [1.29, 1.82) is 0 Å². The van der Waals surface area contributed by atoms with Crippen LogP contribution in [0.2, 0.25) is 38.3 Å². The molecule has 0 aromatic carbocycles. The Morgan fingerprint density at radius 3 is 2.10 bits per heavy atom. The monoisotopic (exact) mass is 512 g/mol. The Morgan fingerprint density at radius 2 is 1.53 bits per heavy atom. The van der Waals surface area contributed by atoms with Gasteiger partial charge in [-0.25, -0.2) is 0 Å². The van der Waals surface area contributed by atoms with Gasteiger partial charge in [0.25, 0.3) is 0 Å². The molecule has 0 spiro atoms. The van der Waals surface area contributed by atoms with Crippen molar-refractivity contribution in [2.24, 2.45) is 0 Å². The Hall–Kier alpha value is 0.614. The minimum atomic E-state index is -1.65. The number of hydrogen-bond acceptors (Lipinski definition) is 7. The summed E-state index contributed by atoms with van der Waals surface area (Å²) in [6, 6.07) is 2.35. The van der Waals surface area contributed by atoms with Gasteiger partial charge in [-0.15, -0.1) is 11.8 Å². The Kier molecular flexibility index (Phi) is 15.8. The van der Waals surface area contributed by atoms with E-state index in [9.17, 15) is 4.79 Å². The van der Waals surface area contributed by atoms with Gasteiger partial charge in [0, 0.05) is 6.61 Å². The van der Waals surface area contributed by atoms with Gasteiger partial charge in [0.2, 0.25) is 0 Å². The third-order valence-electron chi connectivity index (χ3n) is 4.47. The molecule has 0 amide bonds. The van der Waals surface area contributed by atoms with E-state index in [1.165, 1.54) is 30.6 Å². The molecule has 0 atom stereocenters. The topological polar surface area (TPSA) is 44.8 Å². The normalized spacial score (nSPS) is 12.8. The van der Waals surface area contributed by atoms with Gasteiger partial charge in [-0.05, 0) is 70.7 Å². The minimum absolute atomic E-state index is 0.239. The fourth-order valence-electron chi connectivity index (χ4n) is 2.99. The van der Waals surface area contributed by atoms with Crippen LogP contribution in [0.5, 0.6) is 0 Å². The van der Waals surface area contributed by atoms with Crippen LogP contribution in [-0.2, 0) is 18.4 Å². The highest BCUT2D eigenvalue weighted by molar-refractivity contribution is 8.47. The lowest BCUT2D eigenvalue weighted by Crippen LogP contribution is -2.44. The molecule has 0 saturated heterocycles. The van der Waals surface area contributed by atoms with E-state index >= 15 is 0 Å². The average Bonchev–Trinajstić information content (AvgIpc) is 2.62. The van der Waals surface area contributed by atoms with Gasteiger partial charge in [0.05, 0.1) is 6.61 Å². The molecule has 0 aromatic heterocycles. The van der Waals surface area contributed by atoms with Crippen LogP contribution < -0.4 is 0 Å². The maximum Gasteiger partial charge on any atom is 0.322 e. The number of ether oxygens (including phenoxy) is 2. The second kappa shape index (κ2) is 15.5. The van der Waals surface area contributed by atoms with Crippen LogP contribution in [0.1, 0.15) is 53.4 Å². The van der Waals surface area contributed by atoms with Crippen molar-refractivity contribution < 1.29 is 18.4 Å². The second-order valence-corrected chi connectivity index (χ2v) is 22.1. The summed E-state index contributed by atoms with van der Waals surface area (Å²) in [6.45, 7) is 18.8. The van der Waals surface area contributed by atoms with Gasteiger partial charge >= 0.3 is 5.97 Å². The predicted octanol–water partition coefficient (Wildman–Crippen LogP) is 7.10. The lowest BCUT2D eigenvalue weighted by Gasteiger charge is -2.34. The van der Waals surface area contributed by atoms with E-state index in [1.54, 1.807) is 11.8 Å². The molecule has 0 heterocycles. The Balaban J connectivity index is 4.02. The SMILES string of the molecule is CCCC[Si](C)(C)O[Si](C)(C)CCCOCCOC(=O)C(C)(C)SC(=S)SCCC. The Morgan fingerprint density at radius 1 is 0.933 bits per heavy atom. The molecule has 0 bridgehead atoms. The van der Waals surface area contributed by atoms with Crippen molar-refractivity contribution in [2.75, 3.05) is 25.6 Å². The molecule has 9 heteroatoms. The minimum Gasteiger partial charge on any atom is -0.462 e. The number of carbonyl (C=O) groups is 1. The van der Waals surface area contributed by atoms with Gasteiger partial charge in [-0.1, -0.05) is 50.7 Å². The first-order valence-corrected chi connectivity index (χ1v) is 19.6. The number of unbranched alkanes of at least 4 members (excludes halogenated alkanes) is 1. The highest BCUT2D eigenvalue weighted by atomic mass is 32.2. The fraction of sp³-hybridized carbons (Fsp3) is 0.905. The zero-order valence-electron chi connectivity index (χ0n) is 20.4. The van der Waals surface area contributed by atoms with Gasteiger partial charge in [-0.3, -0.25) is 4.79 Å². The highest BCUT2D eigenvalue weighted by Crippen LogP contribution is 2.32. The lowest BCUT2D eigenvalue weighted by molar-refractivity contribution is -0.147.